The number of fused-ring (bicyclic) bond motifs is 15. The predicted octanol–water partition coefficient (Wildman–Crippen LogP) is 14.4. The van der Waals surface area contributed by atoms with Gasteiger partial charge in [-0.25, -0.2) is 0 Å². The maximum atomic E-state index is 6.17. The summed E-state index contributed by atoms with van der Waals surface area (Å²) < 4.78 is 6.17. The van der Waals surface area contributed by atoms with E-state index in [4.69, 9.17) is 4.42 Å². The Bertz CT molecular complexity index is 2960. The van der Waals surface area contributed by atoms with E-state index in [2.05, 4.69) is 200 Å². The van der Waals surface area contributed by atoms with Gasteiger partial charge in [0.05, 0.1) is 11.7 Å². The van der Waals surface area contributed by atoms with Crippen LogP contribution in [0.2, 0.25) is 0 Å². The molecule has 1 heterocycles. The van der Waals surface area contributed by atoms with Gasteiger partial charge < -0.3 is 9.32 Å². The van der Waals surface area contributed by atoms with Crippen LogP contribution in [-0.4, -0.2) is 0 Å². The van der Waals surface area contributed by atoms with Crippen molar-refractivity contribution in [1.29, 1.82) is 0 Å². The minimum absolute atomic E-state index is 0.281. The molecule has 9 aromatic rings. The fraction of sp³-hybridized carbons (Fsp3) is 0.0909. The average Bonchev–Trinajstić information content (AvgIpc) is 3.94. The SMILES string of the molecule is CC1c2ccccc2-c2ccc3ccoc3c2CC1c1ccc(N(c2ccccc2)c2ccc3c(c2)C2(c4ccccc4-c4ccccc42)c2ccccc2-3)cc1. The molecule has 2 unspecified atom stereocenters. The van der Waals surface area contributed by atoms with Crippen molar-refractivity contribution in [1.82, 2.24) is 0 Å². The zero-order valence-corrected chi connectivity index (χ0v) is 31.7. The van der Waals surface area contributed by atoms with Gasteiger partial charge in [0.1, 0.15) is 5.58 Å². The smallest absolute Gasteiger partial charge is 0.137 e. The third kappa shape index (κ3) is 4.53. The molecule has 57 heavy (non-hydrogen) atoms. The highest BCUT2D eigenvalue weighted by Gasteiger charge is 2.51. The van der Waals surface area contributed by atoms with Gasteiger partial charge in [-0.2, -0.15) is 0 Å². The summed E-state index contributed by atoms with van der Waals surface area (Å²) in [5.41, 5.74) is 21.3. The quantitative estimate of drug-likeness (QED) is 0.179. The Morgan fingerprint density at radius 2 is 1.02 bits per heavy atom. The van der Waals surface area contributed by atoms with Crippen molar-refractivity contribution in [2.45, 2.75) is 30.6 Å². The van der Waals surface area contributed by atoms with Crippen LogP contribution < -0.4 is 4.90 Å². The van der Waals surface area contributed by atoms with E-state index < -0.39 is 5.41 Å². The summed E-state index contributed by atoms with van der Waals surface area (Å²) in [6.07, 6.45) is 2.74. The van der Waals surface area contributed by atoms with E-state index in [1.165, 1.54) is 72.3 Å². The second-order valence-corrected chi connectivity index (χ2v) is 16.0. The van der Waals surface area contributed by atoms with Gasteiger partial charge in [-0.3, -0.25) is 0 Å². The molecule has 0 saturated carbocycles. The van der Waals surface area contributed by atoms with Crippen molar-refractivity contribution in [3.63, 3.8) is 0 Å². The largest absolute Gasteiger partial charge is 0.464 e. The first-order valence-corrected chi connectivity index (χ1v) is 20.2. The molecule has 12 rings (SSSR count). The molecule has 3 aliphatic carbocycles. The summed E-state index contributed by atoms with van der Waals surface area (Å²) in [7, 11) is 0. The zero-order chi connectivity index (χ0) is 37.7. The van der Waals surface area contributed by atoms with Gasteiger partial charge in [0.2, 0.25) is 0 Å². The van der Waals surface area contributed by atoms with Crippen LogP contribution in [0.5, 0.6) is 0 Å². The minimum Gasteiger partial charge on any atom is -0.464 e. The minimum atomic E-state index is -0.400. The summed E-state index contributed by atoms with van der Waals surface area (Å²) >= 11 is 0. The van der Waals surface area contributed by atoms with Crippen molar-refractivity contribution in [2.75, 3.05) is 4.90 Å². The van der Waals surface area contributed by atoms with E-state index in [0.717, 1.165) is 34.5 Å². The van der Waals surface area contributed by atoms with Crippen molar-refractivity contribution >= 4 is 28.0 Å². The van der Waals surface area contributed by atoms with Crippen LogP contribution >= 0.6 is 0 Å². The predicted molar refractivity (Wildman–Crippen MR) is 234 cm³/mol. The maximum Gasteiger partial charge on any atom is 0.137 e. The van der Waals surface area contributed by atoms with Crippen LogP contribution in [0.3, 0.4) is 0 Å². The normalized spacial score (nSPS) is 16.6. The first-order chi connectivity index (χ1) is 28.2. The van der Waals surface area contributed by atoms with Crippen LogP contribution in [0, 0.1) is 0 Å². The van der Waals surface area contributed by atoms with E-state index in [9.17, 15) is 0 Å². The number of hydrogen-bond donors (Lipinski definition) is 0. The molecule has 0 bridgehead atoms. The van der Waals surface area contributed by atoms with Gasteiger partial charge in [0.25, 0.3) is 0 Å². The number of nitrogens with zero attached hydrogens (tertiary/aromatic N) is 1. The number of para-hydroxylation sites is 1. The van der Waals surface area contributed by atoms with E-state index >= 15 is 0 Å². The van der Waals surface area contributed by atoms with Gasteiger partial charge in [0.15, 0.2) is 0 Å². The van der Waals surface area contributed by atoms with Gasteiger partial charge >= 0.3 is 0 Å². The van der Waals surface area contributed by atoms with E-state index in [0.29, 0.717) is 5.92 Å². The Kier molecular flexibility index (Phi) is 6.98. The van der Waals surface area contributed by atoms with Crippen LogP contribution in [0.25, 0.3) is 44.3 Å². The Labute approximate surface area is 333 Å². The molecule has 2 atom stereocenters. The first-order valence-electron chi connectivity index (χ1n) is 20.2. The molecular weight excluding hydrogens is 691 g/mol. The summed E-state index contributed by atoms with van der Waals surface area (Å²) in [6, 6.07) is 70.1. The first kappa shape index (κ1) is 32.4. The van der Waals surface area contributed by atoms with E-state index in [1.807, 2.05) is 6.26 Å². The molecule has 0 N–H and O–H groups in total. The second kappa shape index (κ2) is 12.3. The molecule has 2 heteroatoms. The lowest BCUT2D eigenvalue weighted by Crippen LogP contribution is -2.26. The topological polar surface area (TPSA) is 16.4 Å². The lowest BCUT2D eigenvalue weighted by Gasteiger charge is -2.32. The number of anilines is 3. The highest BCUT2D eigenvalue weighted by molar-refractivity contribution is 5.96. The Morgan fingerprint density at radius 3 is 1.70 bits per heavy atom. The summed E-state index contributed by atoms with van der Waals surface area (Å²) in [6.45, 7) is 2.40. The Balaban J connectivity index is 1.01. The molecular formula is C55H39NO. The molecule has 1 spiro atoms. The molecule has 270 valence electrons. The highest BCUT2D eigenvalue weighted by Crippen LogP contribution is 2.63. The van der Waals surface area contributed by atoms with Crippen molar-refractivity contribution in [3.05, 3.63) is 233 Å². The van der Waals surface area contributed by atoms with Crippen LogP contribution in [-0.2, 0) is 11.8 Å². The highest BCUT2D eigenvalue weighted by atomic mass is 16.3. The molecule has 1 aromatic heterocycles. The van der Waals surface area contributed by atoms with Crippen LogP contribution in [0.15, 0.2) is 199 Å². The molecule has 0 saturated heterocycles. The third-order valence-electron chi connectivity index (χ3n) is 13.3. The fourth-order valence-corrected chi connectivity index (χ4v) is 10.8. The van der Waals surface area contributed by atoms with Gasteiger partial charge in [0, 0.05) is 28.0 Å². The number of benzene rings is 8. The van der Waals surface area contributed by atoms with E-state index in [1.54, 1.807) is 0 Å². The van der Waals surface area contributed by atoms with Crippen molar-refractivity contribution in [2.24, 2.45) is 0 Å². The standard InChI is InChI=1S/C55H39NO/c1-35-41-15-5-6-16-42(41)43-29-25-37-31-32-57-54(37)49(43)34-48(35)36-23-26-39(27-24-36)56(38-13-3-2-4-14-38)40-28-30-47-46-19-9-12-22-52(46)55(53(47)33-40)50-20-10-7-17-44(50)45-18-8-11-21-51(45)55/h2-33,35,48H,34H2,1H3. The zero-order valence-electron chi connectivity index (χ0n) is 31.7. The van der Waals surface area contributed by atoms with E-state index in [-0.39, 0.29) is 5.92 Å². The molecule has 0 radical (unpaired) electrons. The summed E-state index contributed by atoms with van der Waals surface area (Å²) in [5.74, 6) is 0.601. The lowest BCUT2D eigenvalue weighted by atomic mass is 9.70. The monoisotopic (exact) mass is 729 g/mol. The van der Waals surface area contributed by atoms with Crippen LogP contribution in [0.1, 0.15) is 57.7 Å². The molecule has 0 aliphatic heterocycles. The summed E-state index contributed by atoms with van der Waals surface area (Å²) in [5, 5.41) is 1.16. The van der Waals surface area contributed by atoms with Crippen molar-refractivity contribution in [3.8, 4) is 33.4 Å². The Hall–Kier alpha value is -6.90. The lowest BCUT2D eigenvalue weighted by molar-refractivity contribution is 0.568. The third-order valence-corrected chi connectivity index (χ3v) is 13.3. The van der Waals surface area contributed by atoms with Gasteiger partial charge in [-0.15, -0.1) is 0 Å². The average molecular weight is 730 g/mol. The number of hydrogen-bond acceptors (Lipinski definition) is 2. The number of rotatable bonds is 4. The molecule has 8 aromatic carbocycles. The maximum absolute atomic E-state index is 6.17. The van der Waals surface area contributed by atoms with Crippen molar-refractivity contribution < 1.29 is 4.42 Å². The number of furan rings is 1. The van der Waals surface area contributed by atoms with Gasteiger partial charge in [-0.05, 0) is 127 Å². The Morgan fingerprint density at radius 1 is 0.474 bits per heavy atom. The molecule has 0 amide bonds. The molecule has 0 fully saturated rings. The van der Waals surface area contributed by atoms with Crippen LogP contribution in [0.4, 0.5) is 17.1 Å². The fourth-order valence-electron chi connectivity index (χ4n) is 10.8. The second-order valence-electron chi connectivity index (χ2n) is 16.0. The van der Waals surface area contributed by atoms with Gasteiger partial charge in [-0.1, -0.05) is 153 Å². The summed E-state index contributed by atoms with van der Waals surface area (Å²) in [4.78, 5) is 2.43. The molecule has 3 aliphatic rings. The molecule has 2 nitrogen and oxygen atoms in total.